The van der Waals surface area contributed by atoms with Crippen LogP contribution < -0.4 is 5.01 Å². The number of urea groups is 1. The Hall–Kier alpha value is -3.43. The molecular formula is C21H25N5O5. The van der Waals surface area contributed by atoms with E-state index < -0.39 is 18.1 Å². The van der Waals surface area contributed by atoms with Crippen LogP contribution in [-0.2, 0) is 19.1 Å². The molecule has 2 saturated heterocycles. The average Bonchev–Trinajstić information content (AvgIpc) is 3.34. The Morgan fingerprint density at radius 3 is 2.55 bits per heavy atom. The van der Waals surface area contributed by atoms with Gasteiger partial charge in [0.2, 0.25) is 5.91 Å². The van der Waals surface area contributed by atoms with E-state index in [1.807, 2.05) is 30.3 Å². The van der Waals surface area contributed by atoms with E-state index in [0.717, 1.165) is 0 Å². The fourth-order valence-corrected chi connectivity index (χ4v) is 4.21. The van der Waals surface area contributed by atoms with Crippen LogP contribution in [0, 0.1) is 0 Å². The van der Waals surface area contributed by atoms with Crippen LogP contribution in [-0.4, -0.2) is 89.1 Å². The largest absolute Gasteiger partial charge is 0.461 e. The predicted octanol–water partition coefficient (Wildman–Crippen LogP) is 0.679. The maximum atomic E-state index is 13.5. The van der Waals surface area contributed by atoms with Gasteiger partial charge in [-0.25, -0.2) is 9.59 Å². The highest BCUT2D eigenvalue weighted by molar-refractivity contribution is 6.38. The molecule has 3 heterocycles. The summed E-state index contributed by atoms with van der Waals surface area (Å²) in [6.45, 7) is 4.73. The molecule has 1 aromatic rings. The minimum absolute atomic E-state index is 0.116. The Morgan fingerprint density at radius 2 is 1.87 bits per heavy atom. The Labute approximate surface area is 180 Å². The number of esters is 1. The van der Waals surface area contributed by atoms with Gasteiger partial charge >= 0.3 is 12.0 Å². The molecule has 0 bridgehead atoms. The molecule has 2 fully saturated rings. The first-order valence-corrected chi connectivity index (χ1v) is 10.5. The normalized spacial score (nSPS) is 23.2. The highest BCUT2D eigenvalue weighted by Crippen LogP contribution is 2.28. The van der Waals surface area contributed by atoms with E-state index in [1.54, 1.807) is 23.8 Å². The smallest absolute Gasteiger partial charge is 0.354 e. The van der Waals surface area contributed by atoms with Crippen LogP contribution >= 0.6 is 0 Å². The molecule has 4 amide bonds. The quantitative estimate of drug-likeness (QED) is 0.506. The molecule has 0 saturated carbocycles. The van der Waals surface area contributed by atoms with E-state index in [9.17, 15) is 19.2 Å². The molecule has 164 valence electrons. The van der Waals surface area contributed by atoms with Crippen molar-refractivity contribution >= 4 is 35.2 Å². The number of nitrogens with zero attached hydrogens (tertiary/aromatic N) is 5. The van der Waals surface area contributed by atoms with Crippen molar-refractivity contribution in [3.05, 3.63) is 30.3 Å². The van der Waals surface area contributed by atoms with Gasteiger partial charge in [0, 0.05) is 26.1 Å². The number of carbonyl (C=O) groups excluding carboxylic acids is 4. The topological polar surface area (TPSA) is 103 Å². The standard InChI is InChI=1S/C21H25N5O5/c1-3-24-19(28)17-13-23(10-11-25(17)21(24)30)18(27)16-12-15(20(29)31-4-2)22-26(16)14-8-6-5-7-9-14/h5-9,16-17H,3-4,10-13H2,1-2H3/t16-,17-/m1/s1. The number of fused-ring (bicyclic) bond motifs is 1. The summed E-state index contributed by atoms with van der Waals surface area (Å²) >= 11 is 0. The molecule has 10 heteroatoms. The average molecular weight is 427 g/mol. The first-order chi connectivity index (χ1) is 15.0. The number of benzene rings is 1. The number of rotatable bonds is 5. The van der Waals surface area contributed by atoms with E-state index in [-0.39, 0.29) is 43.1 Å². The summed E-state index contributed by atoms with van der Waals surface area (Å²) in [5.74, 6) is -1.06. The molecule has 3 aliphatic heterocycles. The van der Waals surface area contributed by atoms with E-state index in [4.69, 9.17) is 4.74 Å². The molecule has 0 aromatic heterocycles. The van der Waals surface area contributed by atoms with Gasteiger partial charge in [0.15, 0.2) is 0 Å². The van der Waals surface area contributed by atoms with Gasteiger partial charge in [-0.1, -0.05) is 18.2 Å². The molecule has 3 aliphatic rings. The van der Waals surface area contributed by atoms with Crippen molar-refractivity contribution in [2.24, 2.45) is 5.10 Å². The van der Waals surface area contributed by atoms with Crippen LogP contribution in [0.15, 0.2) is 35.4 Å². The third kappa shape index (κ3) is 3.62. The third-order valence-electron chi connectivity index (χ3n) is 5.76. The van der Waals surface area contributed by atoms with Crippen molar-refractivity contribution in [1.29, 1.82) is 0 Å². The number of hydrogen-bond acceptors (Lipinski definition) is 7. The summed E-state index contributed by atoms with van der Waals surface area (Å²) in [6.07, 6.45) is 0.116. The second kappa shape index (κ2) is 8.37. The summed E-state index contributed by atoms with van der Waals surface area (Å²) < 4.78 is 5.07. The Kier molecular flexibility index (Phi) is 5.62. The first-order valence-electron chi connectivity index (χ1n) is 10.5. The molecular weight excluding hydrogens is 402 g/mol. The number of hydrazone groups is 1. The second-order valence-corrected chi connectivity index (χ2v) is 7.53. The Morgan fingerprint density at radius 1 is 1.13 bits per heavy atom. The van der Waals surface area contributed by atoms with Crippen molar-refractivity contribution in [1.82, 2.24) is 14.7 Å². The van der Waals surface area contributed by atoms with Gasteiger partial charge in [-0.3, -0.25) is 19.5 Å². The van der Waals surface area contributed by atoms with Gasteiger partial charge in [0.25, 0.3) is 5.91 Å². The summed E-state index contributed by atoms with van der Waals surface area (Å²) in [5.41, 5.74) is 0.870. The lowest BCUT2D eigenvalue weighted by molar-refractivity contribution is -0.137. The van der Waals surface area contributed by atoms with Gasteiger partial charge in [0.05, 0.1) is 18.8 Å². The van der Waals surface area contributed by atoms with Crippen LogP contribution in [0.3, 0.4) is 0 Å². The van der Waals surface area contributed by atoms with Gasteiger partial charge < -0.3 is 14.5 Å². The van der Waals surface area contributed by atoms with Gasteiger partial charge in [-0.2, -0.15) is 5.10 Å². The van der Waals surface area contributed by atoms with Crippen molar-refractivity contribution < 1.29 is 23.9 Å². The van der Waals surface area contributed by atoms with Crippen molar-refractivity contribution in [3.63, 3.8) is 0 Å². The maximum absolute atomic E-state index is 13.5. The molecule has 10 nitrogen and oxygen atoms in total. The SMILES string of the molecule is CCOC(=O)C1=NN(c2ccccc2)[C@@H](C(=O)N2CCN3C(=O)N(CC)C(=O)[C@H]3C2)C1. The third-order valence-corrected chi connectivity index (χ3v) is 5.76. The highest BCUT2D eigenvalue weighted by Gasteiger charge is 2.49. The number of ether oxygens (including phenoxy) is 1. The zero-order chi connectivity index (χ0) is 22.1. The summed E-state index contributed by atoms with van der Waals surface area (Å²) in [6, 6.07) is 7.45. The van der Waals surface area contributed by atoms with Crippen molar-refractivity contribution in [3.8, 4) is 0 Å². The minimum Gasteiger partial charge on any atom is -0.461 e. The highest BCUT2D eigenvalue weighted by atomic mass is 16.5. The summed E-state index contributed by atoms with van der Waals surface area (Å²) in [7, 11) is 0. The second-order valence-electron chi connectivity index (χ2n) is 7.53. The minimum atomic E-state index is -0.720. The molecule has 0 radical (unpaired) electrons. The molecule has 0 aliphatic carbocycles. The van der Waals surface area contributed by atoms with Crippen LogP contribution in [0.5, 0.6) is 0 Å². The zero-order valence-electron chi connectivity index (χ0n) is 17.6. The van der Waals surface area contributed by atoms with Crippen LogP contribution in [0.4, 0.5) is 10.5 Å². The lowest BCUT2D eigenvalue weighted by Crippen LogP contribution is -2.57. The number of carbonyl (C=O) groups is 4. The number of amides is 4. The van der Waals surface area contributed by atoms with E-state index in [2.05, 4.69) is 5.10 Å². The van der Waals surface area contributed by atoms with Crippen LogP contribution in [0.1, 0.15) is 20.3 Å². The fraction of sp³-hybridized carbons (Fsp3) is 0.476. The van der Waals surface area contributed by atoms with E-state index in [0.29, 0.717) is 25.3 Å². The molecule has 4 rings (SSSR count). The summed E-state index contributed by atoms with van der Waals surface area (Å²) in [4.78, 5) is 55.1. The monoisotopic (exact) mass is 427 g/mol. The summed E-state index contributed by atoms with van der Waals surface area (Å²) in [5, 5.41) is 5.92. The number of imide groups is 1. The molecule has 0 unspecified atom stereocenters. The van der Waals surface area contributed by atoms with Crippen molar-refractivity contribution in [2.75, 3.05) is 37.8 Å². The van der Waals surface area contributed by atoms with Gasteiger partial charge in [0.1, 0.15) is 17.8 Å². The Balaban J connectivity index is 1.55. The molecule has 2 atom stereocenters. The van der Waals surface area contributed by atoms with Crippen molar-refractivity contribution in [2.45, 2.75) is 32.4 Å². The van der Waals surface area contributed by atoms with Crippen LogP contribution in [0.2, 0.25) is 0 Å². The Bertz CT molecular complexity index is 933. The lowest BCUT2D eigenvalue weighted by atomic mass is 10.1. The zero-order valence-corrected chi connectivity index (χ0v) is 17.6. The number of likely N-dealkylation sites (N-methyl/N-ethyl adjacent to an activating group) is 1. The maximum Gasteiger partial charge on any atom is 0.354 e. The molecule has 31 heavy (non-hydrogen) atoms. The van der Waals surface area contributed by atoms with E-state index in [1.165, 1.54) is 9.80 Å². The number of para-hydroxylation sites is 1. The van der Waals surface area contributed by atoms with Gasteiger partial charge in [-0.15, -0.1) is 0 Å². The number of anilines is 1. The van der Waals surface area contributed by atoms with E-state index >= 15 is 0 Å². The number of piperazine rings is 1. The molecule has 1 aromatic carbocycles. The molecule has 0 spiro atoms. The number of hydrogen-bond donors (Lipinski definition) is 0. The van der Waals surface area contributed by atoms with Crippen LogP contribution in [0.25, 0.3) is 0 Å². The fourth-order valence-electron chi connectivity index (χ4n) is 4.21. The molecule has 0 N–H and O–H groups in total. The first kappa shape index (κ1) is 20.8. The predicted molar refractivity (Wildman–Crippen MR) is 111 cm³/mol. The lowest BCUT2D eigenvalue weighted by Gasteiger charge is -2.37. The van der Waals surface area contributed by atoms with Gasteiger partial charge in [-0.05, 0) is 26.0 Å².